The maximum atomic E-state index is 13.9. The molecule has 5 nitrogen and oxygen atoms in total. The van der Waals surface area contributed by atoms with Gasteiger partial charge in [0.25, 0.3) is 0 Å². The van der Waals surface area contributed by atoms with Crippen molar-refractivity contribution in [1.29, 1.82) is 0 Å². The smallest absolute Gasteiger partial charge is 0.250 e. The van der Waals surface area contributed by atoms with E-state index in [0.29, 0.717) is 23.7 Å². The van der Waals surface area contributed by atoms with Crippen LogP contribution in [0.2, 0.25) is 0 Å². The first-order valence-electron chi connectivity index (χ1n) is 9.10. The van der Waals surface area contributed by atoms with E-state index in [-0.39, 0.29) is 5.82 Å². The van der Waals surface area contributed by atoms with Crippen LogP contribution in [0.1, 0.15) is 27.0 Å². The maximum Gasteiger partial charge on any atom is 0.250 e. The zero-order valence-electron chi connectivity index (χ0n) is 15.3. The summed E-state index contributed by atoms with van der Waals surface area (Å²) in [6.45, 7) is 2.23. The van der Waals surface area contributed by atoms with Gasteiger partial charge < -0.3 is 10.5 Å². The summed E-state index contributed by atoms with van der Waals surface area (Å²) in [5, 5.41) is 0. The molecule has 0 aliphatic carbocycles. The van der Waals surface area contributed by atoms with E-state index in [0.717, 1.165) is 25.1 Å². The van der Waals surface area contributed by atoms with Gasteiger partial charge in [0.2, 0.25) is 11.8 Å². The molecule has 0 bridgehead atoms. The number of fused-ring (bicyclic) bond motifs is 1. The number of aromatic nitrogens is 1. The zero-order chi connectivity index (χ0) is 19.5. The first-order chi connectivity index (χ1) is 13.6. The first kappa shape index (κ1) is 18.1. The highest BCUT2D eigenvalue weighted by Crippen LogP contribution is 2.27. The number of halogens is 1. The number of pyridine rings is 1. The summed E-state index contributed by atoms with van der Waals surface area (Å²) in [5.74, 6) is 0.419. The predicted molar refractivity (Wildman–Crippen MR) is 103 cm³/mol. The Bertz CT molecular complexity index is 1000. The van der Waals surface area contributed by atoms with Crippen molar-refractivity contribution >= 4 is 5.91 Å². The van der Waals surface area contributed by atoms with E-state index in [1.165, 1.54) is 23.4 Å². The van der Waals surface area contributed by atoms with Crippen LogP contribution in [0.4, 0.5) is 4.39 Å². The number of hydrogen-bond acceptors (Lipinski definition) is 4. The summed E-state index contributed by atoms with van der Waals surface area (Å²) in [7, 11) is 0. The van der Waals surface area contributed by atoms with Gasteiger partial charge in [-0.3, -0.25) is 9.69 Å². The fourth-order valence-corrected chi connectivity index (χ4v) is 3.36. The molecule has 0 saturated heterocycles. The fourth-order valence-electron chi connectivity index (χ4n) is 3.36. The largest absolute Gasteiger partial charge is 0.439 e. The number of nitrogens with zero attached hydrogens (tertiary/aromatic N) is 2. The van der Waals surface area contributed by atoms with Crippen LogP contribution in [-0.2, 0) is 19.5 Å². The molecule has 3 aromatic rings. The van der Waals surface area contributed by atoms with Gasteiger partial charge in [-0.2, -0.15) is 0 Å². The lowest BCUT2D eigenvalue weighted by Crippen LogP contribution is -2.30. The summed E-state index contributed by atoms with van der Waals surface area (Å²) < 4.78 is 19.7. The second-order valence-corrected chi connectivity index (χ2v) is 6.83. The van der Waals surface area contributed by atoms with Gasteiger partial charge in [-0.25, -0.2) is 9.37 Å². The summed E-state index contributed by atoms with van der Waals surface area (Å²) >= 11 is 0. The Morgan fingerprint density at radius 1 is 1.14 bits per heavy atom. The van der Waals surface area contributed by atoms with E-state index in [4.69, 9.17) is 10.5 Å². The minimum Gasteiger partial charge on any atom is -0.439 e. The second kappa shape index (κ2) is 7.78. The van der Waals surface area contributed by atoms with Gasteiger partial charge in [0, 0.05) is 37.5 Å². The topological polar surface area (TPSA) is 68.5 Å². The zero-order valence-corrected chi connectivity index (χ0v) is 15.3. The van der Waals surface area contributed by atoms with Gasteiger partial charge >= 0.3 is 0 Å². The monoisotopic (exact) mass is 377 g/mol. The van der Waals surface area contributed by atoms with Crippen LogP contribution >= 0.6 is 0 Å². The van der Waals surface area contributed by atoms with Crippen molar-refractivity contribution in [2.75, 3.05) is 6.54 Å². The molecule has 1 aliphatic rings. The molecule has 0 fully saturated rings. The van der Waals surface area contributed by atoms with E-state index in [1.807, 2.05) is 30.3 Å². The lowest BCUT2D eigenvalue weighted by molar-refractivity contribution is 0.1000. The van der Waals surface area contributed by atoms with Gasteiger partial charge in [-0.1, -0.05) is 24.3 Å². The highest BCUT2D eigenvalue weighted by Gasteiger charge is 2.18. The minimum atomic E-state index is -0.521. The molecule has 28 heavy (non-hydrogen) atoms. The van der Waals surface area contributed by atoms with Crippen molar-refractivity contribution in [3.8, 4) is 11.6 Å². The third kappa shape index (κ3) is 4.02. The van der Waals surface area contributed by atoms with Gasteiger partial charge in [-0.15, -0.1) is 0 Å². The van der Waals surface area contributed by atoms with Crippen LogP contribution in [-0.4, -0.2) is 22.3 Å². The standard InChI is InChI=1S/C22H20FN3O2/c23-20-4-2-1-3-18(20)14-26-10-9-15-11-19(7-5-17(15)13-26)28-21-8-6-16(12-25-21)22(24)27/h1-8,11-12H,9-10,13-14H2,(H2,24,27). The van der Waals surface area contributed by atoms with Crippen molar-refractivity contribution < 1.29 is 13.9 Å². The molecule has 2 heterocycles. The summed E-state index contributed by atoms with van der Waals surface area (Å²) in [5.41, 5.74) is 8.71. The van der Waals surface area contributed by atoms with Crippen LogP contribution in [0.25, 0.3) is 0 Å². The number of carbonyl (C=O) groups excluding carboxylic acids is 1. The molecule has 0 atom stereocenters. The Morgan fingerprint density at radius 2 is 2.00 bits per heavy atom. The van der Waals surface area contributed by atoms with E-state index >= 15 is 0 Å². The van der Waals surface area contributed by atoms with E-state index in [9.17, 15) is 9.18 Å². The van der Waals surface area contributed by atoms with Crippen molar-refractivity contribution in [2.24, 2.45) is 5.73 Å². The second-order valence-electron chi connectivity index (χ2n) is 6.83. The first-order valence-corrected chi connectivity index (χ1v) is 9.10. The molecule has 0 radical (unpaired) electrons. The summed E-state index contributed by atoms with van der Waals surface area (Å²) in [6.07, 6.45) is 2.27. The van der Waals surface area contributed by atoms with Crippen molar-refractivity contribution in [1.82, 2.24) is 9.88 Å². The van der Waals surface area contributed by atoms with Crippen molar-refractivity contribution in [3.05, 3.63) is 88.9 Å². The Hall–Kier alpha value is -3.25. The Balaban J connectivity index is 1.44. The van der Waals surface area contributed by atoms with E-state index in [1.54, 1.807) is 18.2 Å². The summed E-state index contributed by atoms with van der Waals surface area (Å²) in [6, 6.07) is 16.1. The average molecular weight is 377 g/mol. The molecule has 0 spiro atoms. The van der Waals surface area contributed by atoms with Gasteiger partial charge in [-0.05, 0) is 41.8 Å². The normalized spacial score (nSPS) is 13.8. The van der Waals surface area contributed by atoms with Crippen molar-refractivity contribution in [3.63, 3.8) is 0 Å². The number of hydrogen-bond donors (Lipinski definition) is 1. The van der Waals surface area contributed by atoms with Gasteiger partial charge in [0.15, 0.2) is 0 Å². The predicted octanol–water partition coefficient (Wildman–Crippen LogP) is 3.67. The molecule has 2 N–H and O–H groups in total. The molecule has 1 amide bonds. The average Bonchev–Trinajstić information content (AvgIpc) is 2.70. The molecule has 142 valence electrons. The highest BCUT2D eigenvalue weighted by molar-refractivity contribution is 5.92. The quantitative estimate of drug-likeness (QED) is 0.737. The number of benzene rings is 2. The number of ether oxygens (including phenoxy) is 1. The van der Waals surface area contributed by atoms with Crippen LogP contribution < -0.4 is 10.5 Å². The highest BCUT2D eigenvalue weighted by atomic mass is 19.1. The van der Waals surface area contributed by atoms with Crippen LogP contribution in [0.15, 0.2) is 60.8 Å². The Kier molecular flexibility index (Phi) is 5.04. The number of nitrogens with two attached hydrogens (primary N) is 1. The number of primary amides is 1. The van der Waals surface area contributed by atoms with Crippen LogP contribution in [0, 0.1) is 5.82 Å². The molecular weight excluding hydrogens is 357 g/mol. The molecule has 4 rings (SSSR count). The lowest BCUT2D eigenvalue weighted by atomic mass is 9.99. The Labute approximate surface area is 162 Å². The maximum absolute atomic E-state index is 13.9. The molecule has 1 aromatic heterocycles. The van der Waals surface area contributed by atoms with E-state index < -0.39 is 5.91 Å². The SMILES string of the molecule is NC(=O)c1ccc(Oc2ccc3c(c2)CCN(Cc2ccccc2F)C3)nc1. The Morgan fingerprint density at radius 3 is 2.75 bits per heavy atom. The van der Waals surface area contributed by atoms with Crippen molar-refractivity contribution in [2.45, 2.75) is 19.5 Å². The van der Waals surface area contributed by atoms with E-state index in [2.05, 4.69) is 9.88 Å². The third-order valence-electron chi connectivity index (χ3n) is 4.86. The molecule has 6 heteroatoms. The summed E-state index contributed by atoms with van der Waals surface area (Å²) in [4.78, 5) is 17.5. The molecule has 0 saturated carbocycles. The van der Waals surface area contributed by atoms with Gasteiger partial charge in [0.05, 0.1) is 5.56 Å². The number of amides is 1. The minimum absolute atomic E-state index is 0.160. The molecule has 2 aromatic carbocycles. The third-order valence-corrected chi connectivity index (χ3v) is 4.86. The number of rotatable bonds is 5. The van der Waals surface area contributed by atoms with Crippen LogP contribution in [0.5, 0.6) is 11.6 Å². The fraction of sp³-hybridized carbons (Fsp3) is 0.182. The van der Waals surface area contributed by atoms with Crippen LogP contribution in [0.3, 0.4) is 0 Å². The molecular formula is C22H20FN3O2. The number of carbonyl (C=O) groups is 1. The molecule has 0 unspecified atom stereocenters. The van der Waals surface area contributed by atoms with Gasteiger partial charge in [0.1, 0.15) is 11.6 Å². The molecule has 1 aliphatic heterocycles. The lowest BCUT2D eigenvalue weighted by Gasteiger charge is -2.29.